The second-order valence-corrected chi connectivity index (χ2v) is 9.64. The molecule has 1 saturated heterocycles. The van der Waals surface area contributed by atoms with Gasteiger partial charge in [-0.15, -0.1) is 0 Å². The van der Waals surface area contributed by atoms with E-state index in [0.717, 1.165) is 22.3 Å². The van der Waals surface area contributed by atoms with Gasteiger partial charge in [0.15, 0.2) is 0 Å². The van der Waals surface area contributed by atoms with Gasteiger partial charge in [0.2, 0.25) is 5.91 Å². The fourth-order valence-electron chi connectivity index (χ4n) is 5.32. The lowest BCUT2D eigenvalue weighted by Crippen LogP contribution is -2.58. The van der Waals surface area contributed by atoms with Gasteiger partial charge in [0, 0.05) is 25.0 Å². The number of nitrogens with one attached hydrogen (secondary N) is 1. The van der Waals surface area contributed by atoms with Crippen molar-refractivity contribution in [3.8, 4) is 11.1 Å². The molecular weight excluding hydrogens is 446 g/mol. The van der Waals surface area contributed by atoms with Gasteiger partial charge in [-0.1, -0.05) is 48.5 Å². The molecule has 8 nitrogen and oxygen atoms in total. The van der Waals surface area contributed by atoms with Gasteiger partial charge >= 0.3 is 12.1 Å². The summed E-state index contributed by atoms with van der Waals surface area (Å²) in [5.74, 6) is -1.87. The first-order valence-electron chi connectivity index (χ1n) is 12.1. The Labute approximate surface area is 205 Å². The maximum absolute atomic E-state index is 13.4. The van der Waals surface area contributed by atoms with Crippen LogP contribution in [0.25, 0.3) is 11.1 Å². The average Bonchev–Trinajstić information content (AvgIpc) is 3.15. The fourth-order valence-corrected chi connectivity index (χ4v) is 5.32. The smallest absolute Gasteiger partial charge is 0.407 e. The summed E-state index contributed by atoms with van der Waals surface area (Å²) in [6, 6.07) is 14.9. The molecule has 1 aliphatic heterocycles. The van der Waals surface area contributed by atoms with E-state index < -0.39 is 30.1 Å². The topological polar surface area (TPSA) is 99.2 Å². The predicted molar refractivity (Wildman–Crippen MR) is 132 cm³/mol. The second kappa shape index (κ2) is 10.5. The number of likely N-dealkylation sites (tertiary alicyclic amines) is 1. The molecule has 1 fully saturated rings. The maximum Gasteiger partial charge on any atom is 0.407 e. The third-order valence-electron chi connectivity index (χ3n) is 7.07. The zero-order valence-electron chi connectivity index (χ0n) is 20.4. The lowest BCUT2D eigenvalue weighted by Gasteiger charge is -2.39. The molecular formula is C27H33N3O5. The van der Waals surface area contributed by atoms with Crippen LogP contribution < -0.4 is 5.32 Å². The Hall–Kier alpha value is -3.39. The van der Waals surface area contributed by atoms with Crippen LogP contribution in [0, 0.1) is 5.92 Å². The normalized spacial score (nSPS) is 20.2. The summed E-state index contributed by atoms with van der Waals surface area (Å²) in [5, 5.41) is 12.3. The van der Waals surface area contributed by atoms with E-state index in [1.54, 1.807) is 11.8 Å². The van der Waals surface area contributed by atoms with Crippen molar-refractivity contribution in [2.45, 2.75) is 37.8 Å². The number of benzene rings is 2. The van der Waals surface area contributed by atoms with Gasteiger partial charge in [-0.05, 0) is 56.1 Å². The monoisotopic (exact) mass is 479 g/mol. The van der Waals surface area contributed by atoms with Crippen LogP contribution in [0.1, 0.15) is 36.8 Å². The summed E-state index contributed by atoms with van der Waals surface area (Å²) in [6.45, 7) is 2.67. The molecule has 2 amide bonds. The van der Waals surface area contributed by atoms with Crippen molar-refractivity contribution >= 4 is 18.0 Å². The third-order valence-corrected chi connectivity index (χ3v) is 7.07. The minimum absolute atomic E-state index is 0.0745. The van der Waals surface area contributed by atoms with Gasteiger partial charge in [0.1, 0.15) is 12.6 Å². The summed E-state index contributed by atoms with van der Waals surface area (Å²) in [5.41, 5.74) is 4.52. The Morgan fingerprint density at radius 2 is 1.69 bits per heavy atom. The standard InChI is InChI=1S/C27H33N3O5/c1-17-18(26(32)33)13-8-14-30(17)25(31)24(15-29(2)3)28-27(34)35-16-23-21-11-6-4-9-19(21)20-10-5-7-12-22(20)23/h4-7,9-12,17-18,23-24H,8,13-16H2,1-3H3,(H,28,34)(H,32,33). The number of carboxylic acid groups (broad SMARTS) is 1. The van der Waals surface area contributed by atoms with E-state index in [2.05, 4.69) is 29.6 Å². The van der Waals surface area contributed by atoms with Crippen molar-refractivity contribution < 1.29 is 24.2 Å². The molecule has 0 saturated carbocycles. The minimum Gasteiger partial charge on any atom is -0.481 e. The van der Waals surface area contributed by atoms with Crippen LogP contribution >= 0.6 is 0 Å². The quantitative estimate of drug-likeness (QED) is 0.633. The summed E-state index contributed by atoms with van der Waals surface area (Å²) in [4.78, 5) is 41.2. The molecule has 35 heavy (non-hydrogen) atoms. The molecule has 3 unspecified atom stereocenters. The summed E-state index contributed by atoms with van der Waals surface area (Å²) in [7, 11) is 3.64. The van der Waals surface area contributed by atoms with Crippen molar-refractivity contribution in [1.82, 2.24) is 15.1 Å². The molecule has 1 heterocycles. The number of piperidine rings is 1. The number of carbonyl (C=O) groups excluding carboxylic acids is 2. The number of alkyl carbamates (subject to hydrolysis) is 1. The lowest BCUT2D eigenvalue weighted by atomic mass is 9.90. The van der Waals surface area contributed by atoms with Crippen LogP contribution in [0.15, 0.2) is 48.5 Å². The number of rotatable bonds is 7. The Morgan fingerprint density at radius 3 is 2.26 bits per heavy atom. The molecule has 0 bridgehead atoms. The Morgan fingerprint density at radius 1 is 1.09 bits per heavy atom. The highest BCUT2D eigenvalue weighted by molar-refractivity contribution is 5.87. The van der Waals surface area contributed by atoms with Crippen LogP contribution in [0.4, 0.5) is 4.79 Å². The molecule has 186 valence electrons. The summed E-state index contributed by atoms with van der Waals surface area (Å²) in [6.07, 6.45) is 0.497. The number of carboxylic acids is 1. The Bertz CT molecular complexity index is 1060. The second-order valence-electron chi connectivity index (χ2n) is 9.64. The highest BCUT2D eigenvalue weighted by Crippen LogP contribution is 2.44. The van der Waals surface area contributed by atoms with E-state index in [1.807, 2.05) is 43.3 Å². The van der Waals surface area contributed by atoms with Gasteiger partial charge in [-0.3, -0.25) is 9.59 Å². The van der Waals surface area contributed by atoms with Crippen molar-refractivity contribution in [1.29, 1.82) is 0 Å². The zero-order valence-corrected chi connectivity index (χ0v) is 20.4. The van der Waals surface area contributed by atoms with Gasteiger partial charge in [-0.2, -0.15) is 0 Å². The summed E-state index contributed by atoms with van der Waals surface area (Å²) < 4.78 is 5.64. The van der Waals surface area contributed by atoms with E-state index in [4.69, 9.17) is 4.74 Å². The largest absolute Gasteiger partial charge is 0.481 e. The average molecular weight is 480 g/mol. The first kappa shape index (κ1) is 24.7. The van der Waals surface area contributed by atoms with E-state index >= 15 is 0 Å². The molecule has 3 atom stereocenters. The molecule has 8 heteroatoms. The molecule has 0 radical (unpaired) electrons. The van der Waals surface area contributed by atoms with E-state index in [1.165, 1.54) is 0 Å². The maximum atomic E-state index is 13.4. The van der Waals surface area contributed by atoms with Gasteiger partial charge in [0.25, 0.3) is 0 Å². The number of aliphatic carboxylic acids is 1. The molecule has 2 N–H and O–H groups in total. The third kappa shape index (κ3) is 5.17. The number of hydrogen-bond donors (Lipinski definition) is 2. The van der Waals surface area contributed by atoms with Crippen molar-refractivity contribution in [3.63, 3.8) is 0 Å². The highest BCUT2D eigenvalue weighted by atomic mass is 16.5. The number of amides is 2. The molecule has 4 rings (SSSR count). The first-order chi connectivity index (χ1) is 16.8. The van der Waals surface area contributed by atoms with E-state index in [9.17, 15) is 19.5 Å². The molecule has 2 aromatic rings. The van der Waals surface area contributed by atoms with E-state index in [0.29, 0.717) is 19.4 Å². The zero-order chi connectivity index (χ0) is 25.1. The number of fused-ring (bicyclic) bond motifs is 3. The van der Waals surface area contributed by atoms with Crippen molar-refractivity contribution in [2.75, 3.05) is 33.8 Å². The Kier molecular flexibility index (Phi) is 7.40. The SMILES string of the molecule is CC1C(C(=O)O)CCCN1C(=O)C(CN(C)C)NC(=O)OCC1c2ccccc2-c2ccccc21. The van der Waals surface area contributed by atoms with Gasteiger partial charge in [0.05, 0.1) is 5.92 Å². The van der Waals surface area contributed by atoms with Crippen LogP contribution in [-0.4, -0.2) is 78.8 Å². The molecule has 0 aromatic heterocycles. The Balaban J connectivity index is 1.44. The molecule has 2 aliphatic rings. The minimum atomic E-state index is -0.899. The number of carbonyl (C=O) groups is 3. The van der Waals surface area contributed by atoms with Crippen LogP contribution in [0.3, 0.4) is 0 Å². The van der Waals surface area contributed by atoms with Crippen LogP contribution in [0.2, 0.25) is 0 Å². The van der Waals surface area contributed by atoms with E-state index in [-0.39, 0.29) is 25.0 Å². The number of hydrogen-bond acceptors (Lipinski definition) is 5. The number of nitrogens with zero attached hydrogens (tertiary/aromatic N) is 2. The predicted octanol–water partition coefficient (Wildman–Crippen LogP) is 3.17. The van der Waals surface area contributed by atoms with Crippen molar-refractivity contribution in [2.24, 2.45) is 5.92 Å². The molecule has 1 aliphatic carbocycles. The summed E-state index contributed by atoms with van der Waals surface area (Å²) >= 11 is 0. The molecule has 0 spiro atoms. The highest BCUT2D eigenvalue weighted by Gasteiger charge is 2.38. The first-order valence-corrected chi connectivity index (χ1v) is 12.1. The van der Waals surface area contributed by atoms with Crippen LogP contribution in [0.5, 0.6) is 0 Å². The number of likely N-dealkylation sites (N-methyl/N-ethyl adjacent to an activating group) is 1. The fraction of sp³-hybridized carbons (Fsp3) is 0.444. The van der Waals surface area contributed by atoms with Gasteiger partial charge < -0.3 is 25.0 Å². The lowest BCUT2D eigenvalue weighted by molar-refractivity contribution is -0.149. The molecule has 2 aromatic carbocycles. The van der Waals surface area contributed by atoms with Gasteiger partial charge in [-0.25, -0.2) is 4.79 Å². The number of ether oxygens (including phenoxy) is 1. The van der Waals surface area contributed by atoms with Crippen molar-refractivity contribution in [3.05, 3.63) is 59.7 Å². The van der Waals surface area contributed by atoms with Crippen LogP contribution in [-0.2, 0) is 14.3 Å².